The summed E-state index contributed by atoms with van der Waals surface area (Å²) in [5.41, 5.74) is 0.777. The van der Waals surface area contributed by atoms with Crippen molar-refractivity contribution in [3.05, 3.63) is 29.8 Å². The summed E-state index contributed by atoms with van der Waals surface area (Å²) >= 11 is 0. The Bertz CT molecular complexity index is 701. The van der Waals surface area contributed by atoms with E-state index in [9.17, 15) is 13.2 Å². The van der Waals surface area contributed by atoms with Crippen LogP contribution in [0.1, 0.15) is 51.5 Å². The fraction of sp³-hybridized carbons (Fsp3) is 0.650. The van der Waals surface area contributed by atoms with Crippen LogP contribution in [-0.4, -0.2) is 38.3 Å². The molecule has 6 heteroatoms. The molecule has 5 nitrogen and oxygen atoms in total. The number of nitrogens with one attached hydrogen (secondary N) is 1. The number of benzene rings is 1. The molecule has 1 aliphatic heterocycles. The third-order valence-corrected chi connectivity index (χ3v) is 7.04. The zero-order chi connectivity index (χ0) is 19.2. The lowest BCUT2D eigenvalue weighted by Crippen LogP contribution is -2.40. The van der Waals surface area contributed by atoms with Crippen LogP contribution in [0.2, 0.25) is 0 Å². The maximum atomic E-state index is 12.9. The van der Waals surface area contributed by atoms with Gasteiger partial charge in [0.25, 0.3) is 0 Å². The number of hydrogen-bond acceptors (Lipinski definition) is 3. The minimum atomic E-state index is -3.46. The van der Waals surface area contributed by atoms with Gasteiger partial charge in [-0.15, -0.1) is 0 Å². The molecule has 1 unspecified atom stereocenters. The average Bonchev–Trinajstić information content (AvgIpc) is 2.60. The zero-order valence-electron chi connectivity index (χ0n) is 16.2. The van der Waals surface area contributed by atoms with E-state index in [0.717, 1.165) is 37.8 Å². The molecule has 1 atom stereocenters. The van der Waals surface area contributed by atoms with Crippen LogP contribution < -0.4 is 5.32 Å². The van der Waals surface area contributed by atoms with Gasteiger partial charge in [0.2, 0.25) is 15.9 Å². The number of rotatable bonds is 8. The van der Waals surface area contributed by atoms with E-state index in [-0.39, 0.29) is 11.8 Å². The second-order valence-corrected chi connectivity index (χ2v) is 9.61. The van der Waals surface area contributed by atoms with Crippen molar-refractivity contribution < 1.29 is 13.2 Å². The molecule has 0 saturated carbocycles. The molecule has 1 aromatic carbocycles. The van der Waals surface area contributed by atoms with E-state index >= 15 is 0 Å². The molecule has 0 radical (unpaired) electrons. The number of carbonyl (C=O) groups excluding carboxylic acids is 1. The van der Waals surface area contributed by atoms with Gasteiger partial charge < -0.3 is 5.32 Å². The van der Waals surface area contributed by atoms with Crippen LogP contribution in [0.3, 0.4) is 0 Å². The van der Waals surface area contributed by atoms with Crippen LogP contribution in [0.4, 0.5) is 0 Å². The predicted molar refractivity (Wildman–Crippen MR) is 104 cm³/mol. The van der Waals surface area contributed by atoms with Crippen molar-refractivity contribution in [3.8, 4) is 0 Å². The summed E-state index contributed by atoms with van der Waals surface area (Å²) in [6, 6.07) is 7.13. The summed E-state index contributed by atoms with van der Waals surface area (Å²) in [5.74, 6) is 0.900. The van der Waals surface area contributed by atoms with Crippen molar-refractivity contribution in [3.63, 3.8) is 0 Å². The highest BCUT2D eigenvalue weighted by Crippen LogP contribution is 2.27. The summed E-state index contributed by atoms with van der Waals surface area (Å²) in [6.45, 7) is 7.89. The van der Waals surface area contributed by atoms with Crippen LogP contribution in [0.15, 0.2) is 29.2 Å². The van der Waals surface area contributed by atoms with E-state index in [1.54, 1.807) is 16.4 Å². The Kier molecular flexibility index (Phi) is 7.65. The van der Waals surface area contributed by atoms with Crippen LogP contribution in [0.25, 0.3) is 0 Å². The summed E-state index contributed by atoms with van der Waals surface area (Å²) < 4.78 is 27.5. The quantitative estimate of drug-likeness (QED) is 0.752. The molecule has 0 spiro atoms. The van der Waals surface area contributed by atoms with Crippen molar-refractivity contribution in [2.75, 3.05) is 19.6 Å². The molecule has 1 aromatic rings. The second-order valence-electron chi connectivity index (χ2n) is 7.71. The number of carbonyl (C=O) groups is 1. The second kappa shape index (κ2) is 9.51. The molecule has 146 valence electrons. The molecular weight excluding hydrogens is 348 g/mol. The highest BCUT2D eigenvalue weighted by atomic mass is 32.2. The van der Waals surface area contributed by atoms with Crippen molar-refractivity contribution in [2.45, 2.75) is 57.8 Å². The lowest BCUT2D eigenvalue weighted by molar-refractivity contribution is -0.121. The number of amides is 1. The van der Waals surface area contributed by atoms with E-state index in [1.807, 2.05) is 19.1 Å². The predicted octanol–water partition coefficient (Wildman–Crippen LogP) is 3.34. The number of hydrogen-bond donors (Lipinski definition) is 1. The Balaban J connectivity index is 1.89. The van der Waals surface area contributed by atoms with Gasteiger partial charge in [-0.05, 0) is 56.1 Å². The van der Waals surface area contributed by atoms with Crippen molar-refractivity contribution in [1.82, 2.24) is 9.62 Å². The van der Waals surface area contributed by atoms with Gasteiger partial charge in [-0.1, -0.05) is 32.0 Å². The lowest BCUT2D eigenvalue weighted by atomic mass is 9.94. The summed E-state index contributed by atoms with van der Waals surface area (Å²) in [5, 5.41) is 2.96. The first-order valence-electron chi connectivity index (χ1n) is 9.63. The third-order valence-electron chi connectivity index (χ3n) is 5.02. The molecule has 0 aliphatic carbocycles. The highest BCUT2D eigenvalue weighted by Gasteiger charge is 2.31. The highest BCUT2D eigenvalue weighted by molar-refractivity contribution is 7.89. The lowest BCUT2D eigenvalue weighted by Gasteiger charge is -2.32. The largest absolute Gasteiger partial charge is 0.356 e. The van der Waals surface area contributed by atoms with Gasteiger partial charge in [-0.25, -0.2) is 8.42 Å². The Labute approximate surface area is 158 Å². The molecule has 1 heterocycles. The first kappa shape index (κ1) is 20.9. The SMILES string of the molecule is Cc1ccccc1S(=O)(=O)N1CCCC(CCC(=O)NCCC(C)C)C1. The number of sulfonamides is 1. The van der Waals surface area contributed by atoms with Gasteiger partial charge in [0.05, 0.1) is 4.90 Å². The Morgan fingerprint density at radius 1 is 1.31 bits per heavy atom. The van der Waals surface area contributed by atoms with E-state index < -0.39 is 10.0 Å². The monoisotopic (exact) mass is 380 g/mol. The number of piperidine rings is 1. The topological polar surface area (TPSA) is 66.5 Å². The van der Waals surface area contributed by atoms with Gasteiger partial charge >= 0.3 is 0 Å². The zero-order valence-corrected chi connectivity index (χ0v) is 17.0. The molecule has 1 saturated heterocycles. The first-order valence-corrected chi connectivity index (χ1v) is 11.1. The third kappa shape index (κ3) is 5.81. The smallest absolute Gasteiger partial charge is 0.243 e. The Morgan fingerprint density at radius 3 is 2.73 bits per heavy atom. The van der Waals surface area contributed by atoms with Crippen LogP contribution in [0, 0.1) is 18.8 Å². The first-order chi connectivity index (χ1) is 12.3. The van der Waals surface area contributed by atoms with E-state index in [1.165, 1.54) is 0 Å². The maximum Gasteiger partial charge on any atom is 0.243 e. The molecule has 0 bridgehead atoms. The molecular formula is C20H32N2O3S. The van der Waals surface area contributed by atoms with Crippen LogP contribution in [-0.2, 0) is 14.8 Å². The standard InChI is InChI=1S/C20H32N2O3S/c1-16(2)12-13-21-20(23)11-10-18-8-6-14-22(15-18)26(24,25)19-9-5-4-7-17(19)3/h4-5,7,9,16,18H,6,8,10-15H2,1-3H3,(H,21,23). The van der Waals surface area contributed by atoms with E-state index in [2.05, 4.69) is 19.2 Å². The summed E-state index contributed by atoms with van der Waals surface area (Å²) in [7, 11) is -3.46. The normalized spacial score (nSPS) is 18.8. The molecule has 0 aromatic heterocycles. The van der Waals surface area contributed by atoms with Gasteiger partial charge in [-0.3, -0.25) is 4.79 Å². The van der Waals surface area contributed by atoms with E-state index in [0.29, 0.717) is 30.3 Å². The summed E-state index contributed by atoms with van der Waals surface area (Å²) in [4.78, 5) is 12.4. The fourth-order valence-electron chi connectivity index (χ4n) is 3.39. The number of nitrogens with zero attached hydrogens (tertiary/aromatic N) is 1. The molecule has 26 heavy (non-hydrogen) atoms. The Hall–Kier alpha value is -1.40. The minimum absolute atomic E-state index is 0.0736. The molecule has 1 aliphatic rings. The molecule has 1 fully saturated rings. The molecule has 1 amide bonds. The maximum absolute atomic E-state index is 12.9. The minimum Gasteiger partial charge on any atom is -0.356 e. The van der Waals surface area contributed by atoms with Crippen molar-refractivity contribution in [2.24, 2.45) is 11.8 Å². The Morgan fingerprint density at radius 2 is 2.04 bits per heavy atom. The van der Waals surface area contributed by atoms with Crippen molar-refractivity contribution in [1.29, 1.82) is 0 Å². The van der Waals surface area contributed by atoms with Crippen LogP contribution in [0.5, 0.6) is 0 Å². The molecule has 1 N–H and O–H groups in total. The number of aryl methyl sites for hydroxylation is 1. The van der Waals surface area contributed by atoms with Crippen LogP contribution >= 0.6 is 0 Å². The van der Waals surface area contributed by atoms with Gasteiger partial charge in [-0.2, -0.15) is 4.31 Å². The summed E-state index contributed by atoms with van der Waals surface area (Å²) in [6.07, 6.45) is 4.04. The van der Waals surface area contributed by atoms with Gasteiger partial charge in [0.15, 0.2) is 0 Å². The van der Waals surface area contributed by atoms with Gasteiger partial charge in [0, 0.05) is 26.1 Å². The average molecular weight is 381 g/mol. The van der Waals surface area contributed by atoms with Gasteiger partial charge in [0.1, 0.15) is 0 Å². The molecule has 2 rings (SSSR count). The van der Waals surface area contributed by atoms with Crippen molar-refractivity contribution >= 4 is 15.9 Å². The van der Waals surface area contributed by atoms with E-state index in [4.69, 9.17) is 0 Å². The fourth-order valence-corrected chi connectivity index (χ4v) is 5.17.